The molecule has 0 spiro atoms. The van der Waals surface area contributed by atoms with E-state index >= 15 is 0 Å². The van der Waals surface area contributed by atoms with Gasteiger partial charge in [0.1, 0.15) is 6.26 Å². The van der Waals surface area contributed by atoms with Gasteiger partial charge in [0, 0.05) is 6.42 Å². The third kappa shape index (κ3) is 3.08. The molecule has 0 N–H and O–H groups in total. The summed E-state index contributed by atoms with van der Waals surface area (Å²) in [4.78, 5) is 4.45. The molecule has 0 unspecified atom stereocenters. The fraction of sp³-hybridized carbons (Fsp3) is 0.769. The van der Waals surface area contributed by atoms with Gasteiger partial charge in [-0.25, -0.2) is 4.98 Å². The maximum Gasteiger partial charge on any atom is 0.193 e. The van der Waals surface area contributed by atoms with Crippen molar-refractivity contribution in [1.29, 1.82) is 0 Å². The van der Waals surface area contributed by atoms with Gasteiger partial charge in [0.15, 0.2) is 5.89 Å². The van der Waals surface area contributed by atoms with Gasteiger partial charge in [-0.05, 0) is 18.8 Å². The standard InChI is InChI=1S/C13H21NO/c1-2-13-14-12(10-15-13)9-8-11-6-4-3-5-7-11/h10-11H,2-9H2,1H3. The molecule has 1 aromatic rings. The molecule has 1 aromatic heterocycles. The van der Waals surface area contributed by atoms with Crippen LogP contribution in [0.5, 0.6) is 0 Å². The van der Waals surface area contributed by atoms with Gasteiger partial charge in [-0.1, -0.05) is 39.0 Å². The summed E-state index contributed by atoms with van der Waals surface area (Å²) in [6.45, 7) is 2.08. The van der Waals surface area contributed by atoms with E-state index in [4.69, 9.17) is 4.42 Å². The Morgan fingerprint density at radius 2 is 2.13 bits per heavy atom. The van der Waals surface area contributed by atoms with Crippen molar-refractivity contribution in [3.05, 3.63) is 17.8 Å². The molecule has 0 aromatic carbocycles. The summed E-state index contributed by atoms with van der Waals surface area (Å²) < 4.78 is 5.34. The van der Waals surface area contributed by atoms with Crippen LogP contribution in [-0.2, 0) is 12.8 Å². The molecule has 1 aliphatic carbocycles. The Morgan fingerprint density at radius 1 is 1.33 bits per heavy atom. The summed E-state index contributed by atoms with van der Waals surface area (Å²) in [5, 5.41) is 0. The lowest BCUT2D eigenvalue weighted by Crippen LogP contribution is -2.07. The largest absolute Gasteiger partial charge is 0.449 e. The topological polar surface area (TPSA) is 26.0 Å². The van der Waals surface area contributed by atoms with E-state index in [0.29, 0.717) is 0 Å². The second-order valence-corrected chi connectivity index (χ2v) is 4.63. The number of nitrogens with zero attached hydrogens (tertiary/aromatic N) is 1. The van der Waals surface area contributed by atoms with Crippen LogP contribution >= 0.6 is 0 Å². The molecule has 15 heavy (non-hydrogen) atoms. The number of rotatable bonds is 4. The summed E-state index contributed by atoms with van der Waals surface area (Å²) in [7, 11) is 0. The summed E-state index contributed by atoms with van der Waals surface area (Å²) >= 11 is 0. The zero-order chi connectivity index (χ0) is 10.5. The smallest absolute Gasteiger partial charge is 0.193 e. The van der Waals surface area contributed by atoms with E-state index in [1.165, 1.54) is 38.5 Å². The Labute approximate surface area is 92.1 Å². The van der Waals surface area contributed by atoms with Crippen molar-refractivity contribution >= 4 is 0 Å². The van der Waals surface area contributed by atoms with E-state index < -0.39 is 0 Å². The Hall–Kier alpha value is -0.790. The average Bonchev–Trinajstić information content (AvgIpc) is 2.76. The lowest BCUT2D eigenvalue weighted by atomic mass is 9.86. The number of aryl methyl sites for hydroxylation is 2. The molecule has 0 atom stereocenters. The molecule has 1 aliphatic rings. The zero-order valence-electron chi connectivity index (χ0n) is 9.67. The minimum Gasteiger partial charge on any atom is -0.449 e. The summed E-state index contributed by atoms with van der Waals surface area (Å²) in [5.41, 5.74) is 1.15. The van der Waals surface area contributed by atoms with Crippen molar-refractivity contribution < 1.29 is 4.42 Å². The van der Waals surface area contributed by atoms with E-state index in [2.05, 4.69) is 11.9 Å². The van der Waals surface area contributed by atoms with Crippen LogP contribution in [0.25, 0.3) is 0 Å². The molecule has 84 valence electrons. The van der Waals surface area contributed by atoms with Gasteiger partial charge in [-0.15, -0.1) is 0 Å². The summed E-state index contributed by atoms with van der Waals surface area (Å²) in [6, 6.07) is 0. The van der Waals surface area contributed by atoms with E-state index in [1.54, 1.807) is 0 Å². The fourth-order valence-corrected chi connectivity index (χ4v) is 2.45. The Kier molecular flexibility index (Phi) is 3.81. The first-order valence-corrected chi connectivity index (χ1v) is 6.31. The molecule has 0 bridgehead atoms. The molecule has 0 amide bonds. The molecular weight excluding hydrogens is 186 g/mol. The highest BCUT2D eigenvalue weighted by Gasteiger charge is 2.13. The first-order valence-electron chi connectivity index (χ1n) is 6.31. The predicted octanol–water partition coefficient (Wildman–Crippen LogP) is 3.75. The van der Waals surface area contributed by atoms with Crippen molar-refractivity contribution in [2.24, 2.45) is 5.92 Å². The van der Waals surface area contributed by atoms with Crippen molar-refractivity contribution in [3.63, 3.8) is 0 Å². The minimum atomic E-state index is 0.883. The van der Waals surface area contributed by atoms with Crippen LogP contribution in [0.4, 0.5) is 0 Å². The second-order valence-electron chi connectivity index (χ2n) is 4.63. The third-order valence-electron chi connectivity index (χ3n) is 3.44. The Balaban J connectivity index is 1.76. The first kappa shape index (κ1) is 10.7. The summed E-state index contributed by atoms with van der Waals surface area (Å²) in [6.07, 6.45) is 12.3. The maximum absolute atomic E-state index is 5.34. The SMILES string of the molecule is CCc1nc(CCC2CCCCC2)co1. The normalized spacial score (nSPS) is 18.2. The number of hydrogen-bond acceptors (Lipinski definition) is 2. The predicted molar refractivity (Wildman–Crippen MR) is 60.8 cm³/mol. The first-order chi connectivity index (χ1) is 7.38. The monoisotopic (exact) mass is 207 g/mol. The van der Waals surface area contributed by atoms with Gasteiger partial charge in [0.05, 0.1) is 5.69 Å². The lowest BCUT2D eigenvalue weighted by Gasteiger charge is -2.20. The van der Waals surface area contributed by atoms with Crippen LogP contribution in [-0.4, -0.2) is 4.98 Å². The van der Waals surface area contributed by atoms with Crippen LogP contribution in [0.2, 0.25) is 0 Å². The Morgan fingerprint density at radius 3 is 2.80 bits per heavy atom. The number of aromatic nitrogens is 1. The van der Waals surface area contributed by atoms with Crippen LogP contribution < -0.4 is 0 Å². The highest BCUT2D eigenvalue weighted by molar-refractivity contribution is 4.96. The molecule has 0 aliphatic heterocycles. The molecule has 2 rings (SSSR count). The average molecular weight is 207 g/mol. The van der Waals surface area contributed by atoms with E-state index in [9.17, 15) is 0 Å². The van der Waals surface area contributed by atoms with Crippen LogP contribution in [0.3, 0.4) is 0 Å². The second kappa shape index (κ2) is 5.34. The number of hydrogen-bond donors (Lipinski definition) is 0. The molecule has 1 fully saturated rings. The van der Waals surface area contributed by atoms with E-state index in [1.807, 2.05) is 6.26 Å². The van der Waals surface area contributed by atoms with Crippen molar-refractivity contribution in [2.45, 2.75) is 58.3 Å². The highest BCUT2D eigenvalue weighted by atomic mass is 16.3. The Bertz CT molecular complexity index is 286. The van der Waals surface area contributed by atoms with E-state index in [-0.39, 0.29) is 0 Å². The molecular formula is C13H21NO. The maximum atomic E-state index is 5.34. The third-order valence-corrected chi connectivity index (χ3v) is 3.44. The van der Waals surface area contributed by atoms with Crippen LogP contribution in [0.15, 0.2) is 10.7 Å². The molecule has 0 radical (unpaired) electrons. The molecule has 1 heterocycles. The van der Waals surface area contributed by atoms with Crippen LogP contribution in [0, 0.1) is 5.92 Å². The summed E-state index contributed by atoms with van der Waals surface area (Å²) in [5.74, 6) is 1.83. The van der Waals surface area contributed by atoms with Crippen molar-refractivity contribution in [1.82, 2.24) is 4.98 Å². The zero-order valence-corrected chi connectivity index (χ0v) is 9.67. The fourth-order valence-electron chi connectivity index (χ4n) is 2.45. The van der Waals surface area contributed by atoms with Crippen molar-refractivity contribution in [2.75, 3.05) is 0 Å². The van der Waals surface area contributed by atoms with Gasteiger partial charge in [-0.2, -0.15) is 0 Å². The van der Waals surface area contributed by atoms with Gasteiger partial charge >= 0.3 is 0 Å². The molecule has 0 saturated heterocycles. The minimum absolute atomic E-state index is 0.883. The number of oxazole rings is 1. The molecule has 2 heteroatoms. The van der Waals surface area contributed by atoms with Crippen molar-refractivity contribution in [3.8, 4) is 0 Å². The van der Waals surface area contributed by atoms with Crippen LogP contribution in [0.1, 0.15) is 57.0 Å². The lowest BCUT2D eigenvalue weighted by molar-refractivity contribution is 0.338. The highest BCUT2D eigenvalue weighted by Crippen LogP contribution is 2.27. The molecule has 2 nitrogen and oxygen atoms in total. The van der Waals surface area contributed by atoms with Gasteiger partial charge in [0.25, 0.3) is 0 Å². The van der Waals surface area contributed by atoms with Gasteiger partial charge in [0.2, 0.25) is 0 Å². The van der Waals surface area contributed by atoms with E-state index in [0.717, 1.165) is 30.3 Å². The van der Waals surface area contributed by atoms with Gasteiger partial charge < -0.3 is 4.42 Å². The molecule has 1 saturated carbocycles. The quantitative estimate of drug-likeness (QED) is 0.751. The van der Waals surface area contributed by atoms with Gasteiger partial charge in [-0.3, -0.25) is 0 Å².